The SMILES string of the molecule is CCNC(=O)c1ccccc1-c1ccc(CNC(=O)[C@@H](COCc2c(F)cccc2F)NC(=O)C(C)(C)N)cc1. The van der Waals surface area contributed by atoms with Gasteiger partial charge in [-0.25, -0.2) is 8.78 Å². The summed E-state index contributed by atoms with van der Waals surface area (Å²) < 4.78 is 33.3. The average Bonchev–Trinajstić information content (AvgIpc) is 2.92. The molecule has 5 N–H and O–H groups in total. The van der Waals surface area contributed by atoms with Gasteiger partial charge in [0.05, 0.1) is 18.8 Å². The zero-order valence-corrected chi connectivity index (χ0v) is 22.7. The summed E-state index contributed by atoms with van der Waals surface area (Å²) in [5, 5.41) is 8.09. The first kappa shape index (κ1) is 30.4. The number of carbonyl (C=O) groups excluding carboxylic acids is 3. The summed E-state index contributed by atoms with van der Waals surface area (Å²) in [6.45, 7) is 4.71. The third kappa shape index (κ3) is 8.17. The van der Waals surface area contributed by atoms with E-state index in [9.17, 15) is 23.2 Å². The summed E-state index contributed by atoms with van der Waals surface area (Å²) in [5.41, 5.74) is 7.25. The summed E-state index contributed by atoms with van der Waals surface area (Å²) >= 11 is 0. The van der Waals surface area contributed by atoms with Gasteiger partial charge < -0.3 is 26.4 Å². The van der Waals surface area contributed by atoms with Gasteiger partial charge in [0, 0.05) is 24.2 Å². The van der Waals surface area contributed by atoms with Crippen LogP contribution in [0.3, 0.4) is 0 Å². The van der Waals surface area contributed by atoms with Crippen molar-refractivity contribution in [3.05, 3.63) is 95.1 Å². The molecule has 1 atom stereocenters. The number of ether oxygens (including phenoxy) is 1. The molecule has 0 aliphatic heterocycles. The Bertz CT molecular complexity index is 1320. The highest BCUT2D eigenvalue weighted by atomic mass is 19.1. The van der Waals surface area contributed by atoms with E-state index in [2.05, 4.69) is 16.0 Å². The Hall–Kier alpha value is -4.15. The molecule has 3 rings (SSSR count). The molecule has 0 aliphatic carbocycles. The lowest BCUT2D eigenvalue weighted by atomic mass is 9.98. The molecule has 3 amide bonds. The largest absolute Gasteiger partial charge is 0.374 e. The first-order valence-corrected chi connectivity index (χ1v) is 12.9. The van der Waals surface area contributed by atoms with Crippen molar-refractivity contribution in [2.24, 2.45) is 5.73 Å². The van der Waals surface area contributed by atoms with E-state index >= 15 is 0 Å². The van der Waals surface area contributed by atoms with Gasteiger partial charge in [-0.15, -0.1) is 0 Å². The molecule has 3 aromatic rings. The first-order valence-electron chi connectivity index (χ1n) is 12.9. The second-order valence-corrected chi connectivity index (χ2v) is 9.78. The van der Waals surface area contributed by atoms with Crippen LogP contribution in [-0.2, 0) is 27.5 Å². The first-order chi connectivity index (χ1) is 19.0. The zero-order valence-electron chi connectivity index (χ0n) is 22.7. The Morgan fingerprint density at radius 3 is 2.20 bits per heavy atom. The predicted octanol–water partition coefficient (Wildman–Crippen LogP) is 3.44. The molecule has 0 radical (unpaired) electrons. The number of nitrogens with one attached hydrogen (secondary N) is 3. The van der Waals surface area contributed by atoms with Crippen LogP contribution in [0.4, 0.5) is 8.78 Å². The van der Waals surface area contributed by atoms with Gasteiger partial charge in [-0.05, 0) is 55.7 Å². The Balaban J connectivity index is 1.67. The lowest BCUT2D eigenvalue weighted by Crippen LogP contribution is -2.57. The van der Waals surface area contributed by atoms with Crippen molar-refractivity contribution in [3.8, 4) is 11.1 Å². The number of carbonyl (C=O) groups is 3. The minimum atomic E-state index is -1.27. The molecule has 40 heavy (non-hydrogen) atoms. The van der Waals surface area contributed by atoms with Crippen LogP contribution in [0, 0.1) is 11.6 Å². The number of halogens is 2. The monoisotopic (exact) mass is 552 g/mol. The van der Waals surface area contributed by atoms with E-state index in [0.29, 0.717) is 12.1 Å². The third-order valence-electron chi connectivity index (χ3n) is 6.04. The van der Waals surface area contributed by atoms with Crippen molar-refractivity contribution in [1.29, 1.82) is 0 Å². The fourth-order valence-electron chi connectivity index (χ4n) is 3.78. The second kappa shape index (κ2) is 13.8. The Labute approximate surface area is 232 Å². The van der Waals surface area contributed by atoms with Crippen LogP contribution in [0.2, 0.25) is 0 Å². The van der Waals surface area contributed by atoms with E-state index < -0.39 is 41.6 Å². The summed E-state index contributed by atoms with van der Waals surface area (Å²) in [4.78, 5) is 37.9. The molecule has 8 nitrogen and oxygen atoms in total. The van der Waals surface area contributed by atoms with Crippen LogP contribution >= 0.6 is 0 Å². The van der Waals surface area contributed by atoms with Gasteiger partial charge in [-0.1, -0.05) is 48.5 Å². The minimum Gasteiger partial charge on any atom is -0.374 e. The molecule has 0 aliphatic rings. The molecule has 212 valence electrons. The fraction of sp³-hybridized carbons (Fsp3) is 0.300. The maximum Gasteiger partial charge on any atom is 0.251 e. The maximum absolute atomic E-state index is 13.9. The Morgan fingerprint density at radius 1 is 0.925 bits per heavy atom. The highest BCUT2D eigenvalue weighted by Crippen LogP contribution is 2.24. The Kier molecular flexibility index (Phi) is 10.5. The van der Waals surface area contributed by atoms with Gasteiger partial charge >= 0.3 is 0 Å². The quantitative estimate of drug-likeness (QED) is 0.274. The van der Waals surface area contributed by atoms with Crippen molar-refractivity contribution in [3.63, 3.8) is 0 Å². The molecule has 0 fully saturated rings. The van der Waals surface area contributed by atoms with Gasteiger partial charge in [0.15, 0.2) is 0 Å². The van der Waals surface area contributed by atoms with Crippen LogP contribution in [0.25, 0.3) is 11.1 Å². The molecule has 0 saturated heterocycles. The lowest BCUT2D eigenvalue weighted by Gasteiger charge is -2.24. The van der Waals surface area contributed by atoms with E-state index in [1.54, 1.807) is 12.1 Å². The summed E-state index contributed by atoms with van der Waals surface area (Å²) in [6.07, 6.45) is 0. The molecule has 10 heteroatoms. The van der Waals surface area contributed by atoms with Gasteiger partial charge in [-0.3, -0.25) is 14.4 Å². The smallest absolute Gasteiger partial charge is 0.251 e. The normalized spacial score (nSPS) is 11.9. The molecule has 0 bridgehead atoms. The predicted molar refractivity (Wildman–Crippen MR) is 148 cm³/mol. The van der Waals surface area contributed by atoms with Crippen molar-refractivity contribution in [1.82, 2.24) is 16.0 Å². The number of rotatable bonds is 12. The van der Waals surface area contributed by atoms with Crippen LogP contribution < -0.4 is 21.7 Å². The molecular formula is C30H34F2N4O4. The van der Waals surface area contributed by atoms with E-state index in [-0.39, 0.29) is 24.6 Å². The van der Waals surface area contributed by atoms with Crippen LogP contribution in [-0.4, -0.2) is 42.5 Å². The van der Waals surface area contributed by atoms with E-state index in [0.717, 1.165) is 28.8 Å². The number of benzene rings is 3. The number of amides is 3. The van der Waals surface area contributed by atoms with Crippen LogP contribution in [0.5, 0.6) is 0 Å². The van der Waals surface area contributed by atoms with Gasteiger partial charge in [0.25, 0.3) is 5.91 Å². The van der Waals surface area contributed by atoms with E-state index in [1.807, 2.05) is 43.3 Å². The van der Waals surface area contributed by atoms with Crippen molar-refractivity contribution < 1.29 is 27.9 Å². The molecule has 0 aromatic heterocycles. The van der Waals surface area contributed by atoms with Crippen LogP contribution in [0.1, 0.15) is 42.3 Å². The Morgan fingerprint density at radius 2 is 1.57 bits per heavy atom. The average molecular weight is 553 g/mol. The van der Waals surface area contributed by atoms with Crippen LogP contribution in [0.15, 0.2) is 66.7 Å². The highest BCUT2D eigenvalue weighted by molar-refractivity contribution is 6.00. The number of hydrogen-bond acceptors (Lipinski definition) is 5. The van der Waals surface area contributed by atoms with Crippen molar-refractivity contribution in [2.45, 2.75) is 45.5 Å². The molecule has 0 spiro atoms. The van der Waals surface area contributed by atoms with Gasteiger partial charge in [-0.2, -0.15) is 0 Å². The fourth-order valence-corrected chi connectivity index (χ4v) is 3.78. The number of hydrogen-bond donors (Lipinski definition) is 4. The molecular weight excluding hydrogens is 518 g/mol. The van der Waals surface area contributed by atoms with Crippen molar-refractivity contribution >= 4 is 17.7 Å². The minimum absolute atomic E-state index is 0.136. The van der Waals surface area contributed by atoms with Crippen molar-refractivity contribution in [2.75, 3.05) is 13.2 Å². The molecule has 3 aromatic carbocycles. The summed E-state index contributed by atoms with van der Waals surface area (Å²) in [6, 6.07) is 16.9. The standard InChI is InChI=1S/C30H34F2N4O4/c1-4-34-27(37)22-9-6-5-8-21(22)20-14-12-19(13-15-20)16-35-28(38)26(36-29(39)30(2,3)33)18-40-17-23-24(31)10-7-11-25(23)32/h5-15,26H,4,16-18,33H2,1-3H3,(H,34,37)(H,35,38)(H,36,39)/t26-/m1/s1. The van der Waals surface area contributed by atoms with Gasteiger partial charge in [0.1, 0.15) is 17.7 Å². The molecule has 0 heterocycles. The second-order valence-electron chi connectivity index (χ2n) is 9.78. The third-order valence-corrected chi connectivity index (χ3v) is 6.04. The number of nitrogens with two attached hydrogens (primary N) is 1. The summed E-state index contributed by atoms with van der Waals surface area (Å²) in [5.74, 6) is -2.86. The topological polar surface area (TPSA) is 123 Å². The van der Waals surface area contributed by atoms with E-state index in [4.69, 9.17) is 10.5 Å². The highest BCUT2D eigenvalue weighted by Gasteiger charge is 2.28. The lowest BCUT2D eigenvalue weighted by molar-refractivity contribution is -0.132. The molecule has 0 unspecified atom stereocenters. The summed E-state index contributed by atoms with van der Waals surface area (Å²) in [7, 11) is 0. The molecule has 0 saturated carbocycles. The van der Waals surface area contributed by atoms with E-state index in [1.165, 1.54) is 19.9 Å². The van der Waals surface area contributed by atoms with Gasteiger partial charge in [0.2, 0.25) is 11.8 Å². The maximum atomic E-state index is 13.9. The zero-order chi connectivity index (χ0) is 29.3.